The van der Waals surface area contributed by atoms with E-state index in [2.05, 4.69) is 0 Å². The first-order chi connectivity index (χ1) is 12.0. The number of carbonyl (C=O) groups is 2. The average Bonchev–Trinajstić information content (AvgIpc) is 2.95. The molecule has 0 aliphatic carbocycles. The maximum Gasteiger partial charge on any atom is 0.227 e. The van der Waals surface area contributed by atoms with Gasteiger partial charge in [0.25, 0.3) is 0 Å². The van der Waals surface area contributed by atoms with E-state index in [1.165, 1.54) is 0 Å². The standard InChI is InChI=1S/C18H23ClN2O4/c1-13(22)20-4-2-5-21(7-6-20)17(23)12-14-10-15(19)18-16(11-14)24-8-3-9-25-18/h10-11H,2-9,12H2,1H3. The maximum absolute atomic E-state index is 12.7. The lowest BCUT2D eigenvalue weighted by molar-refractivity contribution is -0.132. The average molecular weight is 367 g/mol. The molecule has 1 saturated heterocycles. The summed E-state index contributed by atoms with van der Waals surface area (Å²) in [5.41, 5.74) is 0.812. The van der Waals surface area contributed by atoms with Crippen molar-refractivity contribution in [3.8, 4) is 11.5 Å². The van der Waals surface area contributed by atoms with E-state index in [0.717, 1.165) is 18.4 Å². The molecule has 0 atom stereocenters. The molecule has 0 aromatic heterocycles. The molecule has 2 amide bonds. The Morgan fingerprint density at radius 3 is 2.56 bits per heavy atom. The van der Waals surface area contributed by atoms with Crippen LogP contribution >= 0.6 is 11.6 Å². The van der Waals surface area contributed by atoms with Crippen molar-refractivity contribution in [2.24, 2.45) is 0 Å². The summed E-state index contributed by atoms with van der Waals surface area (Å²) in [6.45, 7) is 5.24. The number of ether oxygens (including phenoxy) is 2. The van der Waals surface area contributed by atoms with Gasteiger partial charge in [0.1, 0.15) is 0 Å². The first kappa shape index (κ1) is 17.9. The molecule has 2 aliphatic heterocycles. The van der Waals surface area contributed by atoms with Crippen LogP contribution in [0.1, 0.15) is 25.3 Å². The number of nitrogens with zero attached hydrogens (tertiary/aromatic N) is 2. The summed E-state index contributed by atoms with van der Waals surface area (Å²) in [6.07, 6.45) is 1.86. The summed E-state index contributed by atoms with van der Waals surface area (Å²) >= 11 is 6.30. The Morgan fingerprint density at radius 2 is 1.76 bits per heavy atom. The lowest BCUT2D eigenvalue weighted by atomic mass is 10.1. The van der Waals surface area contributed by atoms with Crippen molar-refractivity contribution in [3.05, 3.63) is 22.7 Å². The first-order valence-corrected chi connectivity index (χ1v) is 9.03. The summed E-state index contributed by atoms with van der Waals surface area (Å²) in [5.74, 6) is 1.26. The lowest BCUT2D eigenvalue weighted by Crippen LogP contribution is -2.37. The van der Waals surface area contributed by atoms with Crippen LogP contribution in [0.4, 0.5) is 0 Å². The smallest absolute Gasteiger partial charge is 0.227 e. The molecule has 25 heavy (non-hydrogen) atoms. The molecule has 0 saturated carbocycles. The van der Waals surface area contributed by atoms with Gasteiger partial charge < -0.3 is 19.3 Å². The Bertz CT molecular complexity index is 665. The lowest BCUT2D eigenvalue weighted by Gasteiger charge is -2.21. The van der Waals surface area contributed by atoms with Gasteiger partial charge in [-0.3, -0.25) is 9.59 Å². The summed E-state index contributed by atoms with van der Waals surface area (Å²) in [7, 11) is 0. The molecule has 1 aromatic rings. The first-order valence-electron chi connectivity index (χ1n) is 8.66. The minimum atomic E-state index is 0.0379. The second kappa shape index (κ2) is 7.95. The number of halogens is 1. The molecule has 2 heterocycles. The third-order valence-electron chi connectivity index (χ3n) is 4.51. The molecule has 1 fully saturated rings. The molecule has 2 aliphatic rings. The molecule has 136 valence electrons. The molecule has 0 radical (unpaired) electrons. The van der Waals surface area contributed by atoms with E-state index >= 15 is 0 Å². The zero-order valence-corrected chi connectivity index (χ0v) is 15.2. The fraction of sp³-hybridized carbons (Fsp3) is 0.556. The van der Waals surface area contributed by atoms with Gasteiger partial charge in [-0.15, -0.1) is 0 Å². The van der Waals surface area contributed by atoms with Crippen LogP contribution in [0.3, 0.4) is 0 Å². The van der Waals surface area contributed by atoms with Crippen LogP contribution in [0.2, 0.25) is 5.02 Å². The minimum absolute atomic E-state index is 0.0379. The van der Waals surface area contributed by atoms with Crippen molar-refractivity contribution >= 4 is 23.4 Å². The minimum Gasteiger partial charge on any atom is -0.489 e. The number of hydrogen-bond acceptors (Lipinski definition) is 4. The molecule has 0 spiro atoms. The van der Waals surface area contributed by atoms with Gasteiger partial charge in [0.15, 0.2) is 11.5 Å². The van der Waals surface area contributed by atoms with Gasteiger partial charge >= 0.3 is 0 Å². The van der Waals surface area contributed by atoms with E-state index in [0.29, 0.717) is 55.9 Å². The number of hydrogen-bond donors (Lipinski definition) is 0. The summed E-state index contributed by atoms with van der Waals surface area (Å²) in [5, 5.41) is 0.473. The Balaban J connectivity index is 1.67. The highest BCUT2D eigenvalue weighted by Crippen LogP contribution is 2.38. The molecule has 0 N–H and O–H groups in total. The molecule has 7 heteroatoms. The monoisotopic (exact) mass is 366 g/mol. The highest BCUT2D eigenvalue weighted by molar-refractivity contribution is 6.32. The van der Waals surface area contributed by atoms with E-state index in [1.807, 2.05) is 11.0 Å². The Labute approximate surface area is 152 Å². The van der Waals surface area contributed by atoms with Gasteiger partial charge in [-0.1, -0.05) is 11.6 Å². The van der Waals surface area contributed by atoms with Crippen LogP contribution in [0.5, 0.6) is 11.5 Å². The predicted octanol–water partition coefficient (Wildman–Crippen LogP) is 2.12. The second-order valence-electron chi connectivity index (χ2n) is 6.37. The largest absolute Gasteiger partial charge is 0.489 e. The van der Waals surface area contributed by atoms with Gasteiger partial charge in [-0.25, -0.2) is 0 Å². The van der Waals surface area contributed by atoms with Gasteiger partial charge in [0.2, 0.25) is 11.8 Å². The molecule has 0 unspecified atom stereocenters. The molecule has 6 nitrogen and oxygen atoms in total. The number of amides is 2. The number of rotatable bonds is 2. The number of fused-ring (bicyclic) bond motifs is 1. The maximum atomic E-state index is 12.7. The van der Waals surface area contributed by atoms with Crippen molar-refractivity contribution < 1.29 is 19.1 Å². The highest BCUT2D eigenvalue weighted by Gasteiger charge is 2.22. The van der Waals surface area contributed by atoms with Gasteiger partial charge in [0.05, 0.1) is 24.7 Å². The fourth-order valence-corrected chi connectivity index (χ4v) is 3.44. The third-order valence-corrected chi connectivity index (χ3v) is 4.79. The predicted molar refractivity (Wildman–Crippen MR) is 94.2 cm³/mol. The van der Waals surface area contributed by atoms with E-state index < -0.39 is 0 Å². The molecular weight excluding hydrogens is 344 g/mol. The second-order valence-corrected chi connectivity index (χ2v) is 6.78. The van der Waals surface area contributed by atoms with Crippen molar-refractivity contribution in [2.45, 2.75) is 26.2 Å². The molecular formula is C18H23ClN2O4. The number of benzene rings is 1. The quantitative estimate of drug-likeness (QED) is 0.804. The third kappa shape index (κ3) is 4.37. The zero-order valence-electron chi connectivity index (χ0n) is 14.4. The molecule has 0 bridgehead atoms. The van der Waals surface area contributed by atoms with Crippen LogP contribution < -0.4 is 9.47 Å². The number of carbonyl (C=O) groups excluding carboxylic acids is 2. The van der Waals surface area contributed by atoms with Crippen LogP contribution in [0.15, 0.2) is 12.1 Å². The van der Waals surface area contributed by atoms with E-state index in [4.69, 9.17) is 21.1 Å². The van der Waals surface area contributed by atoms with Crippen LogP contribution in [0.25, 0.3) is 0 Å². The van der Waals surface area contributed by atoms with E-state index in [1.54, 1.807) is 17.9 Å². The Morgan fingerprint density at radius 1 is 1.04 bits per heavy atom. The fourth-order valence-electron chi connectivity index (χ4n) is 3.15. The zero-order chi connectivity index (χ0) is 17.8. The highest BCUT2D eigenvalue weighted by atomic mass is 35.5. The van der Waals surface area contributed by atoms with Crippen LogP contribution in [-0.2, 0) is 16.0 Å². The van der Waals surface area contributed by atoms with Crippen molar-refractivity contribution in [3.63, 3.8) is 0 Å². The molecule has 3 rings (SSSR count). The summed E-state index contributed by atoms with van der Waals surface area (Å²) in [4.78, 5) is 27.8. The van der Waals surface area contributed by atoms with Crippen LogP contribution in [-0.4, -0.2) is 61.0 Å². The van der Waals surface area contributed by atoms with Crippen molar-refractivity contribution in [2.75, 3.05) is 39.4 Å². The van der Waals surface area contributed by atoms with Gasteiger partial charge in [0, 0.05) is 39.5 Å². The summed E-state index contributed by atoms with van der Waals surface area (Å²) in [6, 6.07) is 3.61. The van der Waals surface area contributed by atoms with Crippen molar-refractivity contribution in [1.29, 1.82) is 0 Å². The normalized spacial score (nSPS) is 17.7. The van der Waals surface area contributed by atoms with Crippen molar-refractivity contribution in [1.82, 2.24) is 9.80 Å². The topological polar surface area (TPSA) is 59.1 Å². The van der Waals surface area contributed by atoms with Crippen LogP contribution in [0, 0.1) is 0 Å². The SMILES string of the molecule is CC(=O)N1CCCN(C(=O)Cc2cc(Cl)c3c(c2)OCCCO3)CC1. The van der Waals surface area contributed by atoms with E-state index in [-0.39, 0.29) is 18.2 Å². The Hall–Kier alpha value is -1.95. The van der Waals surface area contributed by atoms with Gasteiger partial charge in [-0.2, -0.15) is 0 Å². The van der Waals surface area contributed by atoms with Gasteiger partial charge in [-0.05, 0) is 24.1 Å². The Kier molecular flexibility index (Phi) is 5.68. The van der Waals surface area contributed by atoms with E-state index in [9.17, 15) is 9.59 Å². The summed E-state index contributed by atoms with van der Waals surface area (Å²) < 4.78 is 11.3. The molecule has 1 aromatic carbocycles.